The second-order valence-electron chi connectivity index (χ2n) is 9.17. The van der Waals surface area contributed by atoms with Gasteiger partial charge in [0, 0.05) is 24.8 Å². The smallest absolute Gasteiger partial charge is 0.387 e. The first-order valence-electron chi connectivity index (χ1n) is 11.5. The van der Waals surface area contributed by atoms with Crippen LogP contribution in [0.1, 0.15) is 61.4 Å². The summed E-state index contributed by atoms with van der Waals surface area (Å²) < 4.78 is 36.0. The van der Waals surface area contributed by atoms with Crippen LogP contribution in [-0.4, -0.2) is 52.7 Å². The molecule has 0 bridgehead atoms. The molecule has 1 aliphatic heterocycles. The quantitative estimate of drug-likeness (QED) is 0.536. The summed E-state index contributed by atoms with van der Waals surface area (Å²) in [5.74, 6) is 0.491. The molecule has 0 spiro atoms. The van der Waals surface area contributed by atoms with Crippen molar-refractivity contribution in [3.8, 4) is 11.5 Å². The molecule has 1 saturated heterocycles. The monoisotopic (exact) mass is 492 g/mol. The number of hydrogen-bond donors (Lipinski definition) is 1. The van der Waals surface area contributed by atoms with Crippen molar-refractivity contribution in [2.75, 3.05) is 18.5 Å². The zero-order valence-corrected chi connectivity index (χ0v) is 19.5. The van der Waals surface area contributed by atoms with Crippen molar-refractivity contribution in [2.45, 2.75) is 63.5 Å². The molecule has 0 radical (unpaired) electrons. The first-order valence-corrected chi connectivity index (χ1v) is 12.3. The van der Waals surface area contributed by atoms with Gasteiger partial charge in [0.05, 0.1) is 6.61 Å². The summed E-state index contributed by atoms with van der Waals surface area (Å²) in [6, 6.07) is 4.12. The fourth-order valence-electron chi connectivity index (χ4n) is 4.04. The van der Waals surface area contributed by atoms with Crippen LogP contribution in [0.15, 0.2) is 18.2 Å². The Bertz CT molecular complexity index is 1070. The van der Waals surface area contributed by atoms with Crippen LogP contribution >= 0.6 is 11.3 Å². The molecule has 2 atom stereocenters. The SMILES string of the molecule is CC(C(=O)Nc1nnc(C2CC2)s1)N1CC(c2ccc(OC(F)F)c(OCC3CC3)c2)CC1=O. The summed E-state index contributed by atoms with van der Waals surface area (Å²) in [5.41, 5.74) is 0.786. The van der Waals surface area contributed by atoms with E-state index in [1.807, 2.05) is 0 Å². The van der Waals surface area contributed by atoms with E-state index in [1.165, 1.54) is 22.3 Å². The van der Waals surface area contributed by atoms with Gasteiger partial charge in [-0.1, -0.05) is 17.4 Å². The number of aromatic nitrogens is 2. The number of nitrogens with one attached hydrogen (secondary N) is 1. The molecular formula is C23H26F2N4O4S. The maximum absolute atomic E-state index is 12.8. The van der Waals surface area contributed by atoms with Gasteiger partial charge in [0.2, 0.25) is 16.9 Å². The average Bonchev–Trinajstić information content (AvgIpc) is 3.73. The number of benzene rings is 1. The lowest BCUT2D eigenvalue weighted by molar-refractivity contribution is -0.134. The van der Waals surface area contributed by atoms with E-state index in [2.05, 4.69) is 20.3 Å². The molecule has 2 saturated carbocycles. The number of carbonyl (C=O) groups excluding carboxylic acids is 2. The summed E-state index contributed by atoms with van der Waals surface area (Å²) in [7, 11) is 0. The van der Waals surface area contributed by atoms with Gasteiger partial charge in [-0.3, -0.25) is 14.9 Å². The third-order valence-corrected chi connectivity index (χ3v) is 7.43. The van der Waals surface area contributed by atoms with Crippen LogP contribution in [0.5, 0.6) is 11.5 Å². The van der Waals surface area contributed by atoms with E-state index in [4.69, 9.17) is 4.74 Å². The molecule has 8 nitrogen and oxygen atoms in total. The maximum Gasteiger partial charge on any atom is 0.387 e. The van der Waals surface area contributed by atoms with Gasteiger partial charge >= 0.3 is 6.61 Å². The van der Waals surface area contributed by atoms with Gasteiger partial charge in [-0.25, -0.2) is 0 Å². The van der Waals surface area contributed by atoms with Crippen molar-refractivity contribution in [2.24, 2.45) is 5.92 Å². The lowest BCUT2D eigenvalue weighted by Gasteiger charge is -2.23. The molecule has 2 heterocycles. The Morgan fingerprint density at radius 1 is 1.21 bits per heavy atom. The van der Waals surface area contributed by atoms with Gasteiger partial charge in [-0.2, -0.15) is 8.78 Å². The third-order valence-electron chi connectivity index (χ3n) is 6.43. The highest BCUT2D eigenvalue weighted by molar-refractivity contribution is 7.15. The van der Waals surface area contributed by atoms with Crippen LogP contribution in [0.2, 0.25) is 0 Å². The Morgan fingerprint density at radius 2 is 2.00 bits per heavy atom. The van der Waals surface area contributed by atoms with Gasteiger partial charge in [0.1, 0.15) is 11.0 Å². The number of amides is 2. The van der Waals surface area contributed by atoms with E-state index >= 15 is 0 Å². The van der Waals surface area contributed by atoms with Crippen LogP contribution in [0.4, 0.5) is 13.9 Å². The van der Waals surface area contributed by atoms with Gasteiger partial charge in [0.15, 0.2) is 11.5 Å². The highest BCUT2D eigenvalue weighted by Gasteiger charge is 2.37. The fourth-order valence-corrected chi connectivity index (χ4v) is 4.95. The van der Waals surface area contributed by atoms with Crippen molar-refractivity contribution in [3.63, 3.8) is 0 Å². The van der Waals surface area contributed by atoms with E-state index in [1.54, 1.807) is 19.1 Å². The number of ether oxygens (including phenoxy) is 2. The molecule has 2 aliphatic carbocycles. The molecule has 2 unspecified atom stereocenters. The largest absolute Gasteiger partial charge is 0.489 e. The molecule has 34 heavy (non-hydrogen) atoms. The molecule has 1 aromatic heterocycles. The number of hydrogen-bond acceptors (Lipinski definition) is 7. The second-order valence-corrected chi connectivity index (χ2v) is 10.2. The summed E-state index contributed by atoms with van der Waals surface area (Å²) in [4.78, 5) is 27.0. The first-order chi connectivity index (χ1) is 16.4. The van der Waals surface area contributed by atoms with Gasteiger partial charge in [-0.15, -0.1) is 10.2 Å². The number of likely N-dealkylation sites (tertiary alicyclic amines) is 1. The number of anilines is 1. The van der Waals surface area contributed by atoms with E-state index in [0.717, 1.165) is 36.3 Å². The summed E-state index contributed by atoms with van der Waals surface area (Å²) >= 11 is 1.37. The van der Waals surface area contributed by atoms with Crippen molar-refractivity contribution in [1.29, 1.82) is 0 Å². The predicted octanol–water partition coefficient (Wildman–Crippen LogP) is 4.15. The Hall–Kier alpha value is -2.82. The summed E-state index contributed by atoms with van der Waals surface area (Å²) in [6.07, 6.45) is 4.56. The highest BCUT2D eigenvalue weighted by atomic mass is 32.1. The second kappa shape index (κ2) is 9.44. The molecule has 2 aromatic rings. The zero-order chi connectivity index (χ0) is 23.8. The van der Waals surface area contributed by atoms with E-state index in [9.17, 15) is 18.4 Å². The molecule has 3 aliphatic rings. The van der Waals surface area contributed by atoms with Crippen molar-refractivity contribution in [3.05, 3.63) is 28.8 Å². The van der Waals surface area contributed by atoms with E-state index < -0.39 is 12.7 Å². The summed E-state index contributed by atoms with van der Waals surface area (Å²) in [6.45, 7) is -0.481. The minimum Gasteiger partial charge on any atom is -0.489 e. The van der Waals surface area contributed by atoms with E-state index in [-0.39, 0.29) is 35.7 Å². The number of nitrogens with zero attached hydrogens (tertiary/aromatic N) is 3. The predicted molar refractivity (Wildman–Crippen MR) is 120 cm³/mol. The highest BCUT2D eigenvalue weighted by Crippen LogP contribution is 2.42. The standard InChI is InChI=1S/C23H26F2N4O4S/c1-12(20(31)26-23-28-27-21(34-23)14-4-5-14)29-10-16(9-19(29)30)15-6-7-17(33-22(24)25)18(8-15)32-11-13-2-3-13/h6-8,12-14,16,22H,2-5,9-11H2,1H3,(H,26,28,31). The Labute approximate surface area is 199 Å². The number of halogens is 2. The average molecular weight is 493 g/mol. The number of alkyl halides is 2. The number of rotatable bonds is 10. The Kier molecular flexibility index (Phi) is 6.37. The van der Waals surface area contributed by atoms with Crippen LogP contribution in [0.25, 0.3) is 0 Å². The molecule has 3 fully saturated rings. The molecule has 5 rings (SSSR count). The lowest BCUT2D eigenvalue weighted by Crippen LogP contribution is -2.42. The maximum atomic E-state index is 12.8. The molecule has 2 amide bonds. The van der Waals surface area contributed by atoms with Crippen molar-refractivity contribution >= 4 is 28.3 Å². The Balaban J connectivity index is 1.24. The van der Waals surface area contributed by atoms with Gasteiger partial charge in [0.25, 0.3) is 0 Å². The first kappa shape index (κ1) is 22.9. The van der Waals surface area contributed by atoms with Crippen LogP contribution in [0.3, 0.4) is 0 Å². The van der Waals surface area contributed by atoms with Crippen LogP contribution < -0.4 is 14.8 Å². The fraction of sp³-hybridized carbons (Fsp3) is 0.565. The van der Waals surface area contributed by atoms with Crippen LogP contribution in [-0.2, 0) is 9.59 Å². The Morgan fingerprint density at radius 3 is 2.71 bits per heavy atom. The van der Waals surface area contributed by atoms with Crippen molar-refractivity contribution < 1.29 is 27.8 Å². The topological polar surface area (TPSA) is 93.7 Å². The minimum absolute atomic E-state index is 0.0176. The number of carbonyl (C=O) groups is 2. The zero-order valence-electron chi connectivity index (χ0n) is 18.7. The van der Waals surface area contributed by atoms with Crippen LogP contribution in [0, 0.1) is 5.92 Å². The summed E-state index contributed by atoms with van der Waals surface area (Å²) in [5, 5.41) is 12.3. The van der Waals surface area contributed by atoms with Gasteiger partial charge in [-0.05, 0) is 56.2 Å². The molecule has 11 heteroatoms. The molecule has 1 N–H and O–H groups in total. The molecule has 1 aromatic carbocycles. The minimum atomic E-state index is -2.95. The lowest BCUT2D eigenvalue weighted by atomic mass is 9.98. The normalized spacial score (nSPS) is 21.1. The third kappa shape index (κ3) is 5.29. The molecule has 182 valence electrons. The van der Waals surface area contributed by atoms with Crippen molar-refractivity contribution in [1.82, 2.24) is 15.1 Å². The van der Waals surface area contributed by atoms with E-state index in [0.29, 0.717) is 30.1 Å². The molecular weight excluding hydrogens is 466 g/mol. The van der Waals surface area contributed by atoms with Gasteiger partial charge < -0.3 is 14.4 Å².